The molecule has 1 aromatic carbocycles. The fourth-order valence-electron chi connectivity index (χ4n) is 4.54. The summed E-state index contributed by atoms with van der Waals surface area (Å²) < 4.78 is 7.79. The van der Waals surface area contributed by atoms with Crippen molar-refractivity contribution in [3.63, 3.8) is 0 Å². The first-order valence-electron chi connectivity index (χ1n) is 10.9. The van der Waals surface area contributed by atoms with Crippen LogP contribution in [0.5, 0.6) is 0 Å². The van der Waals surface area contributed by atoms with Crippen molar-refractivity contribution in [1.29, 1.82) is 0 Å². The molecule has 4 rings (SSSR count). The summed E-state index contributed by atoms with van der Waals surface area (Å²) in [6.07, 6.45) is 7.83. The highest BCUT2D eigenvalue weighted by Gasteiger charge is 2.32. The molecule has 6 nitrogen and oxygen atoms in total. The molecule has 0 aliphatic heterocycles. The summed E-state index contributed by atoms with van der Waals surface area (Å²) >= 11 is 6.11. The van der Waals surface area contributed by atoms with Gasteiger partial charge in [0.2, 0.25) is 0 Å². The number of hydrogen-bond donors (Lipinski definition) is 0. The van der Waals surface area contributed by atoms with Crippen molar-refractivity contribution in [3.05, 3.63) is 64.8 Å². The maximum Gasteiger partial charge on any atom is 0.168 e. The summed E-state index contributed by atoms with van der Waals surface area (Å²) in [5, 5.41) is 13.8. The quantitative estimate of drug-likeness (QED) is 0.453. The molecule has 30 heavy (non-hydrogen) atoms. The van der Waals surface area contributed by atoms with E-state index in [2.05, 4.69) is 51.1 Å². The summed E-state index contributed by atoms with van der Waals surface area (Å²) in [5.41, 5.74) is 1.20. The van der Waals surface area contributed by atoms with Gasteiger partial charge in [0, 0.05) is 11.6 Å². The van der Waals surface area contributed by atoms with Gasteiger partial charge < -0.3 is 4.42 Å². The normalized spacial score (nSPS) is 16.4. The number of nitrogens with zero attached hydrogens (tertiary/aromatic N) is 5. The molecule has 3 aromatic rings. The Kier molecular flexibility index (Phi) is 6.85. The lowest BCUT2D eigenvalue weighted by Crippen LogP contribution is -2.34. The molecule has 1 aliphatic carbocycles. The van der Waals surface area contributed by atoms with Crippen molar-refractivity contribution in [1.82, 2.24) is 25.1 Å². The summed E-state index contributed by atoms with van der Waals surface area (Å²) in [6.45, 7) is 5.93. The summed E-state index contributed by atoms with van der Waals surface area (Å²) in [7, 11) is 0. The van der Waals surface area contributed by atoms with Crippen LogP contribution in [0.3, 0.4) is 0 Å². The zero-order valence-electron chi connectivity index (χ0n) is 17.7. The van der Waals surface area contributed by atoms with Crippen LogP contribution in [0, 0.1) is 5.92 Å². The first-order chi connectivity index (χ1) is 14.6. The van der Waals surface area contributed by atoms with E-state index in [0.717, 1.165) is 36.0 Å². The number of halogens is 1. The zero-order chi connectivity index (χ0) is 20.9. The lowest BCUT2D eigenvalue weighted by atomic mass is 9.94. The van der Waals surface area contributed by atoms with Crippen LogP contribution in [-0.2, 0) is 13.1 Å². The number of furan rings is 1. The molecule has 0 bridgehead atoms. The minimum atomic E-state index is 0.0719. The molecule has 1 saturated carbocycles. The van der Waals surface area contributed by atoms with E-state index in [1.54, 1.807) is 6.26 Å². The van der Waals surface area contributed by atoms with Gasteiger partial charge >= 0.3 is 0 Å². The fraction of sp³-hybridized carbons (Fsp3) is 0.522. The van der Waals surface area contributed by atoms with E-state index < -0.39 is 0 Å². The molecule has 2 aromatic heterocycles. The van der Waals surface area contributed by atoms with Crippen molar-refractivity contribution in [3.8, 4) is 0 Å². The summed E-state index contributed by atoms with van der Waals surface area (Å²) in [6, 6.07) is 12.5. The lowest BCUT2D eigenvalue weighted by Gasteiger charge is -2.34. The topological polar surface area (TPSA) is 60.0 Å². The lowest BCUT2D eigenvalue weighted by molar-refractivity contribution is 0.113. The summed E-state index contributed by atoms with van der Waals surface area (Å²) in [5.74, 6) is 2.23. The highest BCUT2D eigenvalue weighted by atomic mass is 35.5. The molecule has 7 heteroatoms. The standard InChI is InChI=1S/C23H30ClN5O/c1-17(2)22(23-25-26-27-29(23)20-7-4-3-5-8-20)28(16-21-9-6-14-30-21)15-18-10-12-19(24)13-11-18/h6,9-14,17,20,22H,3-5,7-8,15-16H2,1-2H3/t22-/m1/s1. The van der Waals surface area contributed by atoms with Crippen LogP contribution in [0.1, 0.15) is 75.2 Å². The third-order valence-corrected chi connectivity index (χ3v) is 6.22. The molecule has 0 spiro atoms. The van der Waals surface area contributed by atoms with Gasteiger partial charge in [0.05, 0.1) is 24.9 Å². The molecule has 0 saturated heterocycles. The van der Waals surface area contributed by atoms with Crippen molar-refractivity contribution in [2.75, 3.05) is 0 Å². The Morgan fingerprint density at radius 1 is 1.10 bits per heavy atom. The molecule has 0 unspecified atom stereocenters. The van der Waals surface area contributed by atoms with E-state index in [1.807, 2.05) is 24.3 Å². The Labute approximate surface area is 183 Å². The maximum atomic E-state index is 6.11. The van der Waals surface area contributed by atoms with Gasteiger partial charge in [0.15, 0.2) is 5.82 Å². The summed E-state index contributed by atoms with van der Waals surface area (Å²) in [4.78, 5) is 2.41. The second-order valence-electron chi connectivity index (χ2n) is 8.57. The van der Waals surface area contributed by atoms with Gasteiger partial charge in [-0.25, -0.2) is 4.68 Å². The Morgan fingerprint density at radius 2 is 1.87 bits per heavy atom. The Balaban J connectivity index is 1.66. The SMILES string of the molecule is CC(C)[C@H](c1nnnn1C1CCCCC1)N(Cc1ccc(Cl)cc1)Cc1ccco1. The first-order valence-corrected chi connectivity index (χ1v) is 11.3. The molecular formula is C23H30ClN5O. The molecule has 1 atom stereocenters. The predicted molar refractivity (Wildman–Crippen MR) is 117 cm³/mol. The van der Waals surface area contributed by atoms with Gasteiger partial charge in [-0.1, -0.05) is 56.8 Å². The number of benzene rings is 1. The zero-order valence-corrected chi connectivity index (χ0v) is 18.5. The van der Waals surface area contributed by atoms with Crippen LogP contribution < -0.4 is 0 Å². The second kappa shape index (κ2) is 9.75. The van der Waals surface area contributed by atoms with Crippen LogP contribution in [0.15, 0.2) is 47.1 Å². The van der Waals surface area contributed by atoms with Gasteiger partial charge in [0.1, 0.15) is 5.76 Å². The fourth-order valence-corrected chi connectivity index (χ4v) is 4.67. The van der Waals surface area contributed by atoms with Crippen LogP contribution >= 0.6 is 11.6 Å². The third kappa shape index (κ3) is 4.93. The van der Waals surface area contributed by atoms with E-state index in [4.69, 9.17) is 16.0 Å². The highest BCUT2D eigenvalue weighted by Crippen LogP contribution is 2.34. The van der Waals surface area contributed by atoms with Crippen molar-refractivity contribution in [2.45, 2.75) is 71.1 Å². The van der Waals surface area contributed by atoms with E-state index in [9.17, 15) is 0 Å². The van der Waals surface area contributed by atoms with Gasteiger partial charge in [-0.2, -0.15) is 0 Å². The van der Waals surface area contributed by atoms with Crippen LogP contribution in [0.2, 0.25) is 5.02 Å². The minimum absolute atomic E-state index is 0.0719. The van der Waals surface area contributed by atoms with E-state index >= 15 is 0 Å². The minimum Gasteiger partial charge on any atom is -0.468 e. The Morgan fingerprint density at radius 3 is 2.53 bits per heavy atom. The molecule has 1 aliphatic rings. The van der Waals surface area contributed by atoms with Crippen LogP contribution in [0.25, 0.3) is 0 Å². The van der Waals surface area contributed by atoms with Crippen molar-refractivity contribution < 1.29 is 4.42 Å². The third-order valence-electron chi connectivity index (χ3n) is 5.97. The Hall–Kier alpha value is -2.18. The number of hydrogen-bond acceptors (Lipinski definition) is 5. The predicted octanol–water partition coefficient (Wildman–Crippen LogP) is 5.82. The largest absolute Gasteiger partial charge is 0.468 e. The smallest absolute Gasteiger partial charge is 0.168 e. The van der Waals surface area contributed by atoms with Gasteiger partial charge in [-0.3, -0.25) is 4.90 Å². The van der Waals surface area contributed by atoms with Gasteiger partial charge in [-0.15, -0.1) is 5.10 Å². The average Bonchev–Trinajstić information content (AvgIpc) is 3.43. The van der Waals surface area contributed by atoms with Crippen LogP contribution in [0.4, 0.5) is 0 Å². The maximum absolute atomic E-state index is 6.11. The average molecular weight is 428 g/mol. The monoisotopic (exact) mass is 427 g/mol. The van der Waals surface area contributed by atoms with Gasteiger partial charge in [0.25, 0.3) is 0 Å². The molecule has 0 radical (unpaired) electrons. The van der Waals surface area contributed by atoms with Crippen LogP contribution in [-0.4, -0.2) is 25.1 Å². The number of aromatic nitrogens is 4. The van der Waals surface area contributed by atoms with E-state index in [1.165, 1.54) is 24.8 Å². The molecule has 2 heterocycles. The highest BCUT2D eigenvalue weighted by molar-refractivity contribution is 6.30. The number of tetrazole rings is 1. The number of rotatable bonds is 8. The van der Waals surface area contributed by atoms with Crippen molar-refractivity contribution >= 4 is 11.6 Å². The van der Waals surface area contributed by atoms with Crippen molar-refractivity contribution in [2.24, 2.45) is 5.92 Å². The molecule has 0 amide bonds. The molecule has 160 valence electrons. The van der Waals surface area contributed by atoms with Gasteiger partial charge in [-0.05, 0) is 59.0 Å². The Bertz CT molecular complexity index is 900. The van der Waals surface area contributed by atoms with E-state index in [0.29, 0.717) is 18.5 Å². The second-order valence-corrected chi connectivity index (χ2v) is 9.01. The first kappa shape index (κ1) is 21.1. The van der Waals surface area contributed by atoms with E-state index in [-0.39, 0.29) is 6.04 Å². The molecular weight excluding hydrogens is 398 g/mol. The molecule has 1 fully saturated rings. The molecule has 0 N–H and O–H groups in total.